The van der Waals surface area contributed by atoms with E-state index in [-0.39, 0.29) is 6.09 Å². The van der Waals surface area contributed by atoms with Crippen LogP contribution in [0.3, 0.4) is 0 Å². The van der Waals surface area contributed by atoms with Crippen LogP contribution in [0, 0.1) is 0 Å². The van der Waals surface area contributed by atoms with Gasteiger partial charge in [-0.15, -0.1) is 0 Å². The molecule has 1 atom stereocenters. The van der Waals surface area contributed by atoms with Gasteiger partial charge in [0.2, 0.25) is 0 Å². The Bertz CT molecular complexity index is 463. The molecule has 0 heterocycles. The number of amides is 1. The van der Waals surface area contributed by atoms with E-state index in [4.69, 9.17) is 4.74 Å². The molecule has 0 bridgehead atoms. The quantitative estimate of drug-likeness (QED) is 0.760. The van der Waals surface area contributed by atoms with Gasteiger partial charge in [-0.1, -0.05) is 37.6 Å². The lowest BCUT2D eigenvalue weighted by Crippen LogP contribution is -2.33. The molecule has 0 saturated carbocycles. The zero-order valence-electron chi connectivity index (χ0n) is 15.2. The van der Waals surface area contributed by atoms with Crippen LogP contribution >= 0.6 is 0 Å². The van der Waals surface area contributed by atoms with E-state index in [9.17, 15) is 4.79 Å². The lowest BCUT2D eigenvalue weighted by Gasteiger charge is -2.19. The van der Waals surface area contributed by atoms with Gasteiger partial charge in [0.15, 0.2) is 0 Å². The first kappa shape index (κ1) is 19.5. The van der Waals surface area contributed by atoms with E-state index in [2.05, 4.69) is 48.7 Å². The zero-order valence-corrected chi connectivity index (χ0v) is 15.2. The van der Waals surface area contributed by atoms with Crippen molar-refractivity contribution in [2.75, 3.05) is 6.54 Å². The van der Waals surface area contributed by atoms with Crippen LogP contribution in [-0.2, 0) is 17.7 Å². The number of alkyl carbamates (subject to hydrolysis) is 1. The summed E-state index contributed by atoms with van der Waals surface area (Å²) in [7, 11) is 0. The summed E-state index contributed by atoms with van der Waals surface area (Å²) in [6.07, 6.45) is 2.86. The van der Waals surface area contributed by atoms with Crippen molar-refractivity contribution >= 4 is 6.09 Å². The highest BCUT2D eigenvalue weighted by atomic mass is 16.6. The van der Waals surface area contributed by atoms with Crippen molar-refractivity contribution in [2.24, 2.45) is 0 Å². The Morgan fingerprint density at radius 1 is 1.17 bits per heavy atom. The van der Waals surface area contributed by atoms with E-state index in [0.717, 1.165) is 13.0 Å². The summed E-state index contributed by atoms with van der Waals surface area (Å²) < 4.78 is 5.21. The Morgan fingerprint density at radius 2 is 1.78 bits per heavy atom. The Kier molecular flexibility index (Phi) is 8.10. The van der Waals surface area contributed by atoms with Gasteiger partial charge in [-0.25, -0.2) is 4.79 Å². The molecule has 130 valence electrons. The van der Waals surface area contributed by atoms with E-state index in [1.165, 1.54) is 24.0 Å². The molecular formula is C19H32N2O2. The minimum Gasteiger partial charge on any atom is -0.444 e. The van der Waals surface area contributed by atoms with Crippen LogP contribution in [0.4, 0.5) is 4.79 Å². The van der Waals surface area contributed by atoms with Crippen molar-refractivity contribution in [1.29, 1.82) is 0 Å². The average Bonchev–Trinajstić information content (AvgIpc) is 2.45. The highest BCUT2D eigenvalue weighted by Crippen LogP contribution is 2.08. The lowest BCUT2D eigenvalue weighted by atomic mass is 10.1. The number of hydrogen-bond acceptors (Lipinski definition) is 3. The SMILES string of the molecule is CCCC(C)NCc1ccc(CCNC(=O)OC(C)(C)C)cc1. The highest BCUT2D eigenvalue weighted by Gasteiger charge is 2.15. The Hall–Kier alpha value is -1.55. The number of carbonyl (C=O) groups is 1. The maximum atomic E-state index is 11.6. The largest absolute Gasteiger partial charge is 0.444 e. The molecule has 1 amide bonds. The molecule has 0 saturated heterocycles. The van der Waals surface area contributed by atoms with Gasteiger partial charge in [0.25, 0.3) is 0 Å². The van der Waals surface area contributed by atoms with Gasteiger partial charge in [0.05, 0.1) is 0 Å². The molecule has 23 heavy (non-hydrogen) atoms. The fraction of sp³-hybridized carbons (Fsp3) is 0.632. The first-order valence-electron chi connectivity index (χ1n) is 8.58. The molecule has 0 fully saturated rings. The molecule has 4 nitrogen and oxygen atoms in total. The first-order valence-corrected chi connectivity index (χ1v) is 8.58. The third-order valence-corrected chi connectivity index (χ3v) is 3.48. The fourth-order valence-corrected chi connectivity index (χ4v) is 2.27. The molecule has 0 aliphatic heterocycles. The number of hydrogen-bond donors (Lipinski definition) is 2. The number of ether oxygens (including phenoxy) is 1. The maximum Gasteiger partial charge on any atom is 0.407 e. The van der Waals surface area contributed by atoms with Gasteiger partial charge in [-0.05, 0) is 51.7 Å². The fourth-order valence-electron chi connectivity index (χ4n) is 2.27. The van der Waals surface area contributed by atoms with Crippen molar-refractivity contribution in [3.05, 3.63) is 35.4 Å². The van der Waals surface area contributed by atoms with E-state index < -0.39 is 5.60 Å². The Labute approximate surface area is 141 Å². The predicted molar refractivity (Wildman–Crippen MR) is 95.6 cm³/mol. The minimum atomic E-state index is -0.451. The molecule has 2 N–H and O–H groups in total. The monoisotopic (exact) mass is 320 g/mol. The van der Waals surface area contributed by atoms with E-state index in [0.29, 0.717) is 12.6 Å². The van der Waals surface area contributed by atoms with Crippen molar-refractivity contribution < 1.29 is 9.53 Å². The van der Waals surface area contributed by atoms with Crippen LogP contribution in [0.2, 0.25) is 0 Å². The third-order valence-electron chi connectivity index (χ3n) is 3.48. The lowest BCUT2D eigenvalue weighted by molar-refractivity contribution is 0.0528. The molecule has 0 radical (unpaired) electrons. The van der Waals surface area contributed by atoms with Crippen LogP contribution in [0.25, 0.3) is 0 Å². The minimum absolute atomic E-state index is 0.358. The van der Waals surface area contributed by atoms with Gasteiger partial charge < -0.3 is 15.4 Å². The Balaban J connectivity index is 2.30. The summed E-state index contributed by atoms with van der Waals surface area (Å²) in [6.45, 7) is 11.5. The standard InChI is InChI=1S/C19H32N2O2/c1-6-7-15(2)21-14-17-10-8-16(9-11-17)12-13-20-18(22)23-19(3,4)5/h8-11,15,21H,6-7,12-14H2,1-5H3,(H,20,22). The third kappa shape index (κ3) is 9.24. The molecule has 1 aromatic rings. The molecule has 0 spiro atoms. The second kappa shape index (κ2) is 9.56. The molecular weight excluding hydrogens is 288 g/mol. The average molecular weight is 320 g/mol. The van der Waals surface area contributed by atoms with Gasteiger partial charge in [0.1, 0.15) is 5.60 Å². The predicted octanol–water partition coefficient (Wildman–Crippen LogP) is 4.03. The molecule has 1 rings (SSSR count). The second-order valence-electron chi connectivity index (χ2n) is 7.07. The van der Waals surface area contributed by atoms with Crippen molar-refractivity contribution in [3.63, 3.8) is 0 Å². The zero-order chi connectivity index (χ0) is 17.3. The van der Waals surface area contributed by atoms with E-state index in [1.54, 1.807) is 0 Å². The van der Waals surface area contributed by atoms with E-state index >= 15 is 0 Å². The summed E-state index contributed by atoms with van der Waals surface area (Å²) in [6, 6.07) is 9.09. The summed E-state index contributed by atoms with van der Waals surface area (Å²) in [5.74, 6) is 0. The van der Waals surface area contributed by atoms with Crippen molar-refractivity contribution in [1.82, 2.24) is 10.6 Å². The van der Waals surface area contributed by atoms with Gasteiger partial charge in [-0.3, -0.25) is 0 Å². The number of benzene rings is 1. The van der Waals surface area contributed by atoms with Crippen LogP contribution in [0.1, 0.15) is 58.6 Å². The van der Waals surface area contributed by atoms with Crippen LogP contribution in [0.5, 0.6) is 0 Å². The molecule has 0 aliphatic carbocycles. The Morgan fingerprint density at radius 3 is 2.35 bits per heavy atom. The summed E-state index contributed by atoms with van der Waals surface area (Å²) in [5, 5.41) is 6.31. The smallest absolute Gasteiger partial charge is 0.407 e. The topological polar surface area (TPSA) is 50.4 Å². The normalized spacial score (nSPS) is 12.7. The highest BCUT2D eigenvalue weighted by molar-refractivity contribution is 5.67. The maximum absolute atomic E-state index is 11.6. The molecule has 1 aromatic carbocycles. The summed E-state index contributed by atoms with van der Waals surface area (Å²) >= 11 is 0. The van der Waals surface area contributed by atoms with Crippen LogP contribution in [0.15, 0.2) is 24.3 Å². The van der Waals surface area contributed by atoms with Gasteiger partial charge in [-0.2, -0.15) is 0 Å². The molecule has 4 heteroatoms. The van der Waals surface area contributed by atoms with Gasteiger partial charge in [0, 0.05) is 19.1 Å². The summed E-state index contributed by atoms with van der Waals surface area (Å²) in [5.41, 5.74) is 2.05. The second-order valence-corrected chi connectivity index (χ2v) is 7.07. The van der Waals surface area contributed by atoms with Crippen LogP contribution in [-0.4, -0.2) is 24.3 Å². The molecule has 0 aliphatic rings. The van der Waals surface area contributed by atoms with Gasteiger partial charge >= 0.3 is 6.09 Å². The number of rotatable bonds is 8. The molecule has 1 unspecified atom stereocenters. The number of nitrogens with one attached hydrogen (secondary N) is 2. The van der Waals surface area contributed by atoms with Crippen molar-refractivity contribution in [2.45, 2.75) is 72.1 Å². The van der Waals surface area contributed by atoms with Crippen molar-refractivity contribution in [3.8, 4) is 0 Å². The van der Waals surface area contributed by atoms with E-state index in [1.807, 2.05) is 20.8 Å². The molecule has 0 aromatic heterocycles. The summed E-state index contributed by atoms with van der Waals surface area (Å²) in [4.78, 5) is 11.6. The number of carbonyl (C=O) groups excluding carboxylic acids is 1. The van der Waals surface area contributed by atoms with Crippen LogP contribution < -0.4 is 10.6 Å². The first-order chi connectivity index (χ1) is 10.8.